The normalized spacial score (nSPS) is 19.7. The molecule has 3 aromatic carbocycles. The van der Waals surface area contributed by atoms with Crippen molar-refractivity contribution in [3.8, 4) is 11.5 Å². The number of carboxylic acid groups (broad SMARTS) is 1. The number of nitrogens with one attached hydrogen (secondary N) is 1. The van der Waals surface area contributed by atoms with Crippen LogP contribution in [0.5, 0.6) is 11.5 Å². The van der Waals surface area contributed by atoms with Crippen LogP contribution in [0.25, 0.3) is 0 Å². The van der Waals surface area contributed by atoms with Gasteiger partial charge in [0.05, 0.1) is 0 Å². The highest BCUT2D eigenvalue weighted by atomic mass is 35.5. The molecular formula is C33H39Cl2F3N2O4. The molecule has 44 heavy (non-hydrogen) atoms. The third kappa shape index (κ3) is 8.81. The van der Waals surface area contributed by atoms with Gasteiger partial charge in [-0.05, 0) is 58.7 Å². The number of fused-ring (bicyclic) bond motifs is 1. The van der Waals surface area contributed by atoms with Gasteiger partial charge < -0.3 is 19.9 Å². The zero-order chi connectivity index (χ0) is 30.0. The minimum atomic E-state index is -1.17. The fourth-order valence-electron chi connectivity index (χ4n) is 5.68. The Hall–Kier alpha value is -2.98. The second-order valence-corrected chi connectivity index (χ2v) is 12.3. The summed E-state index contributed by atoms with van der Waals surface area (Å²) in [6.07, 6.45) is -0.783. The van der Waals surface area contributed by atoms with Gasteiger partial charge in [0.1, 0.15) is 23.9 Å². The molecule has 4 atom stereocenters. The van der Waals surface area contributed by atoms with Gasteiger partial charge >= 0.3 is 5.97 Å². The molecule has 240 valence electrons. The quantitative estimate of drug-likeness (QED) is 0.174. The SMILES string of the molecule is CC(C)(C)c1ccc(O[C@H](Cc2ccc(OCCN[C@H]3C4CN(Cc5cc(F)c(F)cc5F)C[C@@H]43)cc2)C(=O)O)cc1.Cl.Cl. The van der Waals surface area contributed by atoms with E-state index < -0.39 is 29.5 Å². The number of likely N-dealkylation sites (tertiary alicyclic amines) is 1. The topological polar surface area (TPSA) is 71.0 Å². The molecule has 0 bridgehead atoms. The molecule has 1 aliphatic heterocycles. The van der Waals surface area contributed by atoms with Crippen molar-refractivity contribution in [1.29, 1.82) is 0 Å². The first-order chi connectivity index (χ1) is 20.0. The van der Waals surface area contributed by atoms with Gasteiger partial charge in [0.15, 0.2) is 17.7 Å². The average Bonchev–Trinajstić information content (AvgIpc) is 3.39. The maximum atomic E-state index is 14.0. The number of halogens is 5. The Balaban J connectivity index is 0.00000264. The molecule has 3 aromatic rings. The highest BCUT2D eigenvalue weighted by Gasteiger charge is 2.55. The second kappa shape index (κ2) is 14.9. The molecule has 1 saturated heterocycles. The smallest absolute Gasteiger partial charge is 0.345 e. The van der Waals surface area contributed by atoms with E-state index in [9.17, 15) is 23.1 Å². The molecule has 5 rings (SSSR count). The minimum absolute atomic E-state index is 0. The predicted molar refractivity (Wildman–Crippen MR) is 168 cm³/mol. The number of ether oxygens (including phenoxy) is 2. The van der Waals surface area contributed by atoms with Crippen molar-refractivity contribution in [2.75, 3.05) is 26.2 Å². The minimum Gasteiger partial charge on any atom is -0.492 e. The zero-order valence-corrected chi connectivity index (χ0v) is 26.5. The van der Waals surface area contributed by atoms with E-state index in [0.717, 1.165) is 30.3 Å². The Morgan fingerprint density at radius 1 is 0.932 bits per heavy atom. The average molecular weight is 656 g/mol. The lowest BCUT2D eigenvalue weighted by atomic mass is 9.87. The number of benzene rings is 3. The molecule has 1 saturated carbocycles. The number of aliphatic carboxylic acids is 1. The van der Waals surface area contributed by atoms with Gasteiger partial charge in [0, 0.05) is 50.3 Å². The highest BCUT2D eigenvalue weighted by Crippen LogP contribution is 2.45. The first-order valence-electron chi connectivity index (χ1n) is 14.3. The molecular weight excluding hydrogens is 616 g/mol. The van der Waals surface area contributed by atoms with Crippen molar-refractivity contribution >= 4 is 30.8 Å². The van der Waals surface area contributed by atoms with Crippen molar-refractivity contribution in [1.82, 2.24) is 10.2 Å². The van der Waals surface area contributed by atoms with E-state index in [4.69, 9.17) is 9.47 Å². The Morgan fingerprint density at radius 2 is 1.52 bits per heavy atom. The first-order valence-corrected chi connectivity index (χ1v) is 14.3. The molecule has 6 nitrogen and oxygen atoms in total. The molecule has 1 unspecified atom stereocenters. The largest absolute Gasteiger partial charge is 0.492 e. The van der Waals surface area contributed by atoms with Gasteiger partial charge in [0.25, 0.3) is 0 Å². The number of carbonyl (C=O) groups is 1. The number of rotatable bonds is 12. The maximum absolute atomic E-state index is 14.0. The van der Waals surface area contributed by atoms with Crippen LogP contribution in [0.2, 0.25) is 0 Å². The van der Waals surface area contributed by atoms with Crippen LogP contribution in [0.15, 0.2) is 60.7 Å². The standard InChI is InChI=1S/C33H37F3N2O4.2ClH/c1-33(2,3)22-6-10-24(11-7-22)42-30(32(39)40)14-20-4-8-23(9-5-20)41-13-12-37-31-25-18-38(19-26(25)31)17-21-15-28(35)29(36)16-27(21)34;;/h4-11,15-16,25-26,30-31,37H,12-14,17-19H2,1-3H3,(H,39,40);2*1H/t25-,26?,30+,31+;;/m0../s1. The summed E-state index contributed by atoms with van der Waals surface area (Å²) in [5.41, 5.74) is 2.16. The fraction of sp³-hybridized carbons (Fsp3) is 0.424. The lowest BCUT2D eigenvalue weighted by Gasteiger charge is -2.20. The van der Waals surface area contributed by atoms with E-state index in [0.29, 0.717) is 48.6 Å². The van der Waals surface area contributed by atoms with Crippen molar-refractivity contribution < 1.29 is 32.5 Å². The zero-order valence-electron chi connectivity index (χ0n) is 24.9. The highest BCUT2D eigenvalue weighted by molar-refractivity contribution is 5.85. The molecule has 0 radical (unpaired) electrons. The summed E-state index contributed by atoms with van der Waals surface area (Å²) in [7, 11) is 0. The second-order valence-electron chi connectivity index (χ2n) is 12.3. The predicted octanol–water partition coefficient (Wildman–Crippen LogP) is 6.42. The molecule has 0 aromatic heterocycles. The maximum Gasteiger partial charge on any atom is 0.345 e. The lowest BCUT2D eigenvalue weighted by molar-refractivity contribution is -0.145. The number of hydrogen-bond donors (Lipinski definition) is 2. The van der Waals surface area contributed by atoms with Crippen molar-refractivity contribution in [2.24, 2.45) is 11.8 Å². The Morgan fingerprint density at radius 3 is 2.11 bits per heavy atom. The molecule has 2 fully saturated rings. The van der Waals surface area contributed by atoms with Crippen molar-refractivity contribution in [3.05, 3.63) is 94.8 Å². The lowest BCUT2D eigenvalue weighted by Crippen LogP contribution is -2.33. The van der Waals surface area contributed by atoms with Crippen LogP contribution in [-0.2, 0) is 23.2 Å². The van der Waals surface area contributed by atoms with Crippen molar-refractivity contribution in [3.63, 3.8) is 0 Å². The van der Waals surface area contributed by atoms with E-state index >= 15 is 0 Å². The third-order valence-corrected chi connectivity index (χ3v) is 8.12. The van der Waals surface area contributed by atoms with Crippen LogP contribution < -0.4 is 14.8 Å². The molecule has 2 N–H and O–H groups in total. The van der Waals surface area contributed by atoms with Crippen LogP contribution in [0.3, 0.4) is 0 Å². The summed E-state index contributed by atoms with van der Waals surface area (Å²) < 4.78 is 52.2. The molecule has 1 heterocycles. The summed E-state index contributed by atoms with van der Waals surface area (Å²) in [5.74, 6) is -1.80. The fourth-order valence-corrected chi connectivity index (χ4v) is 5.68. The number of carboxylic acids is 1. The van der Waals surface area contributed by atoms with Crippen LogP contribution in [0, 0.1) is 29.3 Å². The summed E-state index contributed by atoms with van der Waals surface area (Å²) in [6.45, 7) is 9.34. The summed E-state index contributed by atoms with van der Waals surface area (Å²) in [6, 6.07) is 16.8. The summed E-state index contributed by atoms with van der Waals surface area (Å²) >= 11 is 0. The van der Waals surface area contributed by atoms with Gasteiger partial charge in [-0.3, -0.25) is 4.90 Å². The van der Waals surface area contributed by atoms with Crippen LogP contribution in [0.4, 0.5) is 13.2 Å². The molecule has 1 aliphatic carbocycles. The van der Waals surface area contributed by atoms with Crippen LogP contribution in [-0.4, -0.2) is 54.4 Å². The molecule has 0 spiro atoms. The number of hydrogen-bond acceptors (Lipinski definition) is 5. The van der Waals surface area contributed by atoms with Gasteiger partial charge in [-0.1, -0.05) is 45.0 Å². The third-order valence-electron chi connectivity index (χ3n) is 8.12. The van der Waals surface area contributed by atoms with Gasteiger partial charge in [0.2, 0.25) is 0 Å². The van der Waals surface area contributed by atoms with Gasteiger partial charge in [-0.25, -0.2) is 18.0 Å². The van der Waals surface area contributed by atoms with E-state index in [1.807, 2.05) is 48.5 Å². The summed E-state index contributed by atoms with van der Waals surface area (Å²) in [5, 5.41) is 13.2. The van der Waals surface area contributed by atoms with Crippen LogP contribution >= 0.6 is 24.8 Å². The molecule has 2 aliphatic rings. The van der Waals surface area contributed by atoms with Gasteiger partial charge in [-0.2, -0.15) is 0 Å². The van der Waals surface area contributed by atoms with E-state index in [-0.39, 0.29) is 48.8 Å². The van der Waals surface area contributed by atoms with Crippen LogP contribution in [0.1, 0.15) is 37.5 Å². The number of nitrogens with zero attached hydrogens (tertiary/aromatic N) is 1. The Kier molecular flexibility index (Phi) is 12.0. The molecule has 0 amide bonds. The first kappa shape index (κ1) is 35.5. The van der Waals surface area contributed by atoms with Gasteiger partial charge in [-0.15, -0.1) is 24.8 Å². The summed E-state index contributed by atoms with van der Waals surface area (Å²) in [4.78, 5) is 13.9. The number of piperidine rings is 1. The molecule has 11 heteroatoms. The van der Waals surface area contributed by atoms with E-state index in [1.165, 1.54) is 0 Å². The van der Waals surface area contributed by atoms with Crippen molar-refractivity contribution in [2.45, 2.75) is 51.3 Å². The van der Waals surface area contributed by atoms with E-state index in [1.54, 1.807) is 0 Å². The Labute approximate surface area is 268 Å². The monoisotopic (exact) mass is 654 g/mol. The Bertz CT molecular complexity index is 1390. The van der Waals surface area contributed by atoms with E-state index in [2.05, 4.69) is 31.0 Å².